The Morgan fingerprint density at radius 3 is 1.80 bits per heavy atom. The van der Waals surface area contributed by atoms with Gasteiger partial charge in [0, 0.05) is 21.8 Å². The van der Waals surface area contributed by atoms with Crippen molar-refractivity contribution in [3.63, 3.8) is 0 Å². The fourth-order valence-corrected chi connectivity index (χ4v) is 2.57. The van der Waals surface area contributed by atoms with Crippen LogP contribution in [0.5, 0.6) is 0 Å². The lowest BCUT2D eigenvalue weighted by Crippen LogP contribution is -2.20. The number of benzene rings is 2. The maximum atomic E-state index is 11.9. The second-order valence-corrected chi connectivity index (χ2v) is 8.27. The van der Waals surface area contributed by atoms with E-state index in [-0.39, 0.29) is 16.7 Å². The molecule has 3 N–H and O–H groups in total. The molecule has 25 heavy (non-hydrogen) atoms. The Balaban J connectivity index is 1.83. The smallest absolute Gasteiger partial charge is 0.323 e. The molecule has 0 unspecified atom stereocenters. The third kappa shape index (κ3) is 7.30. The molecule has 0 saturated heterocycles. The maximum absolute atomic E-state index is 11.9. The molecule has 0 saturated carbocycles. The summed E-state index contributed by atoms with van der Waals surface area (Å²) in [5.41, 5.74) is 2.07. The zero-order chi connectivity index (χ0) is 18.3. The minimum Gasteiger partial charge on any atom is -0.325 e. The molecule has 6 heteroatoms. The molecule has 0 aliphatic heterocycles. The molecule has 0 heterocycles. The molecule has 0 aliphatic carbocycles. The molecule has 132 valence electrons. The van der Waals surface area contributed by atoms with E-state index in [1.807, 2.05) is 30.3 Å². The van der Waals surface area contributed by atoms with Crippen molar-refractivity contribution in [2.45, 2.75) is 25.5 Å². The molecule has 3 amide bonds. The van der Waals surface area contributed by atoms with Gasteiger partial charge in [0.15, 0.2) is 0 Å². The maximum Gasteiger partial charge on any atom is 0.323 e. The molecular weight excluding hydrogens is 334 g/mol. The summed E-state index contributed by atoms with van der Waals surface area (Å²) in [6, 6.07) is 15.9. The highest BCUT2D eigenvalue weighted by molar-refractivity contribution is 8.01. The molecular formula is C19H23N3O2S. The summed E-state index contributed by atoms with van der Waals surface area (Å²) in [5.74, 6) is 0.366. The van der Waals surface area contributed by atoms with Crippen molar-refractivity contribution < 1.29 is 9.59 Å². The first kappa shape index (κ1) is 18.9. The number of hydrogen-bond acceptors (Lipinski definition) is 3. The Morgan fingerprint density at radius 2 is 1.28 bits per heavy atom. The highest BCUT2D eigenvalue weighted by atomic mass is 32.2. The molecule has 2 aromatic rings. The second-order valence-electron chi connectivity index (χ2n) is 6.47. The van der Waals surface area contributed by atoms with Gasteiger partial charge in [-0.3, -0.25) is 4.79 Å². The van der Waals surface area contributed by atoms with Crippen LogP contribution >= 0.6 is 11.8 Å². The third-order valence-corrected chi connectivity index (χ3v) is 4.37. The van der Waals surface area contributed by atoms with Crippen LogP contribution in [0.4, 0.5) is 21.9 Å². The fourth-order valence-electron chi connectivity index (χ4n) is 1.93. The van der Waals surface area contributed by atoms with Crippen LogP contribution in [-0.4, -0.2) is 22.4 Å². The van der Waals surface area contributed by atoms with Gasteiger partial charge in [-0.25, -0.2) is 4.79 Å². The van der Waals surface area contributed by atoms with Gasteiger partial charge in [0.05, 0.1) is 5.75 Å². The molecule has 0 fully saturated rings. The quantitative estimate of drug-likeness (QED) is 0.720. The van der Waals surface area contributed by atoms with E-state index >= 15 is 0 Å². The Morgan fingerprint density at radius 1 is 0.800 bits per heavy atom. The molecule has 0 spiro atoms. The number of rotatable bonds is 5. The van der Waals surface area contributed by atoms with Crippen LogP contribution in [0.1, 0.15) is 20.8 Å². The number of anilines is 3. The van der Waals surface area contributed by atoms with Gasteiger partial charge in [-0.05, 0) is 36.4 Å². The van der Waals surface area contributed by atoms with Crippen molar-refractivity contribution in [1.82, 2.24) is 0 Å². The SMILES string of the molecule is CC(C)(C)SCC(=O)Nc1ccc(NC(=O)Nc2ccccc2)cc1. The van der Waals surface area contributed by atoms with Gasteiger partial charge in [0.2, 0.25) is 5.91 Å². The van der Waals surface area contributed by atoms with E-state index < -0.39 is 0 Å². The van der Waals surface area contributed by atoms with E-state index in [9.17, 15) is 9.59 Å². The van der Waals surface area contributed by atoms with Crippen molar-refractivity contribution in [2.24, 2.45) is 0 Å². The van der Waals surface area contributed by atoms with Gasteiger partial charge in [0.25, 0.3) is 0 Å². The topological polar surface area (TPSA) is 70.2 Å². The summed E-state index contributed by atoms with van der Waals surface area (Å²) >= 11 is 1.60. The van der Waals surface area contributed by atoms with Crippen LogP contribution in [-0.2, 0) is 4.79 Å². The van der Waals surface area contributed by atoms with E-state index in [0.29, 0.717) is 17.1 Å². The van der Waals surface area contributed by atoms with Crippen molar-refractivity contribution >= 4 is 40.8 Å². The number of thioether (sulfide) groups is 1. The Labute approximate surface area is 152 Å². The minimum atomic E-state index is -0.315. The summed E-state index contributed by atoms with van der Waals surface area (Å²) in [5, 5.41) is 8.34. The van der Waals surface area contributed by atoms with Gasteiger partial charge in [0.1, 0.15) is 0 Å². The molecule has 5 nitrogen and oxygen atoms in total. The van der Waals surface area contributed by atoms with Crippen molar-refractivity contribution in [3.8, 4) is 0 Å². The van der Waals surface area contributed by atoms with Gasteiger partial charge in [-0.15, -0.1) is 11.8 Å². The number of carbonyl (C=O) groups is 2. The summed E-state index contributed by atoms with van der Waals surface area (Å²) in [4.78, 5) is 23.8. The highest BCUT2D eigenvalue weighted by Gasteiger charge is 2.13. The van der Waals surface area contributed by atoms with Crippen LogP contribution in [0.25, 0.3) is 0 Å². The summed E-state index contributed by atoms with van der Waals surface area (Å²) in [7, 11) is 0. The highest BCUT2D eigenvalue weighted by Crippen LogP contribution is 2.23. The summed E-state index contributed by atoms with van der Waals surface area (Å²) < 4.78 is 0.0528. The van der Waals surface area contributed by atoms with Crippen LogP contribution in [0.2, 0.25) is 0 Å². The Kier molecular flexibility index (Phi) is 6.47. The third-order valence-electron chi connectivity index (χ3n) is 3.09. The number of amides is 3. The molecule has 0 aliphatic rings. The standard InChI is InChI=1S/C19H23N3O2S/c1-19(2,3)25-13-17(23)20-15-9-11-16(12-10-15)22-18(24)21-14-7-5-4-6-8-14/h4-12H,13H2,1-3H3,(H,20,23)(H2,21,22,24). The Hall–Kier alpha value is -2.47. The first-order valence-electron chi connectivity index (χ1n) is 7.99. The first-order chi connectivity index (χ1) is 11.8. The minimum absolute atomic E-state index is 0.0394. The first-order valence-corrected chi connectivity index (χ1v) is 8.97. The largest absolute Gasteiger partial charge is 0.325 e. The normalized spacial score (nSPS) is 10.8. The molecule has 2 rings (SSSR count). The van der Waals surface area contributed by atoms with Crippen molar-refractivity contribution in [3.05, 3.63) is 54.6 Å². The zero-order valence-corrected chi connectivity index (χ0v) is 15.4. The Bertz CT molecular complexity index is 710. The van der Waals surface area contributed by atoms with E-state index in [0.717, 1.165) is 5.69 Å². The van der Waals surface area contributed by atoms with E-state index in [2.05, 4.69) is 36.7 Å². The van der Waals surface area contributed by atoms with Crippen LogP contribution in [0, 0.1) is 0 Å². The lowest BCUT2D eigenvalue weighted by molar-refractivity contribution is -0.113. The average Bonchev–Trinajstić information content (AvgIpc) is 2.55. The number of urea groups is 1. The zero-order valence-electron chi connectivity index (χ0n) is 14.6. The average molecular weight is 357 g/mol. The molecule has 0 aromatic heterocycles. The predicted molar refractivity (Wildman–Crippen MR) is 106 cm³/mol. The molecule has 2 aromatic carbocycles. The number of nitrogens with one attached hydrogen (secondary N) is 3. The van der Waals surface area contributed by atoms with Gasteiger partial charge in [-0.2, -0.15) is 0 Å². The number of carbonyl (C=O) groups excluding carboxylic acids is 2. The predicted octanol–water partition coefficient (Wildman–Crippen LogP) is 4.80. The van der Waals surface area contributed by atoms with E-state index in [4.69, 9.17) is 0 Å². The summed E-state index contributed by atoms with van der Waals surface area (Å²) in [6.45, 7) is 6.23. The molecule has 0 radical (unpaired) electrons. The second kappa shape index (κ2) is 8.58. The molecule has 0 bridgehead atoms. The van der Waals surface area contributed by atoms with Gasteiger partial charge in [-0.1, -0.05) is 39.0 Å². The van der Waals surface area contributed by atoms with Crippen molar-refractivity contribution in [2.75, 3.05) is 21.7 Å². The van der Waals surface area contributed by atoms with Gasteiger partial charge >= 0.3 is 6.03 Å². The molecule has 0 atom stereocenters. The van der Waals surface area contributed by atoms with E-state index in [1.54, 1.807) is 36.0 Å². The van der Waals surface area contributed by atoms with Gasteiger partial charge < -0.3 is 16.0 Å². The van der Waals surface area contributed by atoms with Crippen LogP contribution in [0.15, 0.2) is 54.6 Å². The van der Waals surface area contributed by atoms with Crippen LogP contribution < -0.4 is 16.0 Å². The van der Waals surface area contributed by atoms with Crippen molar-refractivity contribution in [1.29, 1.82) is 0 Å². The monoisotopic (exact) mass is 357 g/mol. The number of hydrogen-bond donors (Lipinski definition) is 3. The fraction of sp³-hybridized carbons (Fsp3) is 0.263. The lowest BCUT2D eigenvalue weighted by atomic mass is 10.3. The summed E-state index contributed by atoms with van der Waals surface area (Å²) in [6.07, 6.45) is 0. The van der Waals surface area contributed by atoms with Crippen LogP contribution in [0.3, 0.4) is 0 Å². The lowest BCUT2D eigenvalue weighted by Gasteiger charge is -2.17. The van der Waals surface area contributed by atoms with E-state index in [1.165, 1.54) is 0 Å². The number of para-hydroxylation sites is 1.